The molecule has 0 aliphatic carbocycles. The molecule has 1 saturated heterocycles. The van der Waals surface area contributed by atoms with Gasteiger partial charge in [-0.2, -0.15) is 0 Å². The quantitative estimate of drug-likeness (QED) is 0.754. The fourth-order valence-corrected chi connectivity index (χ4v) is 1.74. The van der Waals surface area contributed by atoms with Crippen LogP contribution in [0.2, 0.25) is 0 Å². The summed E-state index contributed by atoms with van der Waals surface area (Å²) in [5, 5.41) is 3.19. The standard InChI is InChI=1S/C10H16N4/c1-8-3-4-12-10(13-8)14-6-9(7-14)5-11-2/h3-4,9,11H,5-7H2,1-2H3. The summed E-state index contributed by atoms with van der Waals surface area (Å²) in [6.07, 6.45) is 1.82. The van der Waals surface area contributed by atoms with Gasteiger partial charge in [0.1, 0.15) is 0 Å². The summed E-state index contributed by atoms with van der Waals surface area (Å²) >= 11 is 0. The number of hydrogen-bond acceptors (Lipinski definition) is 4. The Bertz CT molecular complexity index is 307. The SMILES string of the molecule is CNCC1CN(c2nccc(C)n2)C1. The van der Waals surface area contributed by atoms with Gasteiger partial charge in [0.05, 0.1) is 0 Å². The van der Waals surface area contributed by atoms with Gasteiger partial charge in [0.15, 0.2) is 0 Å². The highest BCUT2D eigenvalue weighted by Crippen LogP contribution is 2.19. The van der Waals surface area contributed by atoms with E-state index in [0.717, 1.165) is 37.2 Å². The van der Waals surface area contributed by atoms with Gasteiger partial charge in [0.2, 0.25) is 5.95 Å². The Balaban J connectivity index is 1.93. The lowest BCUT2D eigenvalue weighted by Gasteiger charge is -2.39. The summed E-state index contributed by atoms with van der Waals surface area (Å²) in [4.78, 5) is 10.9. The zero-order valence-corrected chi connectivity index (χ0v) is 8.70. The molecule has 1 aliphatic rings. The zero-order chi connectivity index (χ0) is 9.97. The molecule has 14 heavy (non-hydrogen) atoms. The molecule has 0 atom stereocenters. The molecule has 0 amide bonds. The van der Waals surface area contributed by atoms with Crippen molar-refractivity contribution in [3.05, 3.63) is 18.0 Å². The van der Waals surface area contributed by atoms with E-state index >= 15 is 0 Å². The molecule has 2 heterocycles. The third kappa shape index (κ3) is 1.85. The van der Waals surface area contributed by atoms with Gasteiger partial charge < -0.3 is 10.2 Å². The van der Waals surface area contributed by atoms with Crippen molar-refractivity contribution in [1.82, 2.24) is 15.3 Å². The molecule has 0 aromatic carbocycles. The molecular formula is C10H16N4. The van der Waals surface area contributed by atoms with Crippen LogP contribution in [0.3, 0.4) is 0 Å². The van der Waals surface area contributed by atoms with Crippen LogP contribution in [0.5, 0.6) is 0 Å². The van der Waals surface area contributed by atoms with E-state index in [-0.39, 0.29) is 0 Å². The molecule has 1 aromatic heterocycles. The normalized spacial score (nSPS) is 16.9. The highest BCUT2D eigenvalue weighted by molar-refractivity contribution is 5.34. The van der Waals surface area contributed by atoms with Crippen molar-refractivity contribution in [2.75, 3.05) is 31.6 Å². The van der Waals surface area contributed by atoms with Crippen LogP contribution in [-0.2, 0) is 0 Å². The summed E-state index contributed by atoms with van der Waals surface area (Å²) in [5.74, 6) is 1.63. The zero-order valence-electron chi connectivity index (χ0n) is 8.70. The molecule has 1 aliphatic heterocycles. The maximum atomic E-state index is 4.38. The van der Waals surface area contributed by atoms with Crippen molar-refractivity contribution in [3.63, 3.8) is 0 Å². The van der Waals surface area contributed by atoms with Gasteiger partial charge >= 0.3 is 0 Å². The minimum Gasteiger partial charge on any atom is -0.340 e. The predicted molar refractivity (Wildman–Crippen MR) is 56.4 cm³/mol. The molecule has 0 saturated carbocycles. The van der Waals surface area contributed by atoms with Gasteiger partial charge in [-0.15, -0.1) is 0 Å². The first-order valence-electron chi connectivity index (χ1n) is 4.99. The Labute approximate surface area is 84.4 Å². The number of hydrogen-bond donors (Lipinski definition) is 1. The molecule has 76 valence electrons. The topological polar surface area (TPSA) is 41.0 Å². The number of nitrogens with zero attached hydrogens (tertiary/aromatic N) is 3. The van der Waals surface area contributed by atoms with Crippen molar-refractivity contribution in [1.29, 1.82) is 0 Å². The first-order valence-corrected chi connectivity index (χ1v) is 4.99. The smallest absolute Gasteiger partial charge is 0.225 e. The lowest BCUT2D eigenvalue weighted by molar-refractivity contribution is 0.391. The molecule has 4 heteroatoms. The number of rotatable bonds is 3. The fourth-order valence-electron chi connectivity index (χ4n) is 1.74. The Morgan fingerprint density at radius 2 is 2.36 bits per heavy atom. The molecular weight excluding hydrogens is 176 g/mol. The third-order valence-corrected chi connectivity index (χ3v) is 2.51. The highest BCUT2D eigenvalue weighted by atomic mass is 15.3. The lowest BCUT2D eigenvalue weighted by atomic mass is 10.0. The Morgan fingerprint density at radius 1 is 1.57 bits per heavy atom. The summed E-state index contributed by atoms with van der Waals surface area (Å²) in [5.41, 5.74) is 1.03. The monoisotopic (exact) mass is 192 g/mol. The molecule has 0 spiro atoms. The summed E-state index contributed by atoms with van der Waals surface area (Å²) in [6.45, 7) is 5.23. The molecule has 2 rings (SSSR count). The van der Waals surface area contributed by atoms with E-state index in [1.165, 1.54) is 0 Å². The number of aromatic nitrogens is 2. The Kier molecular flexibility index (Phi) is 2.63. The van der Waals surface area contributed by atoms with E-state index in [1.807, 2.05) is 26.2 Å². The van der Waals surface area contributed by atoms with Gasteiger partial charge in [-0.1, -0.05) is 0 Å². The molecule has 1 N–H and O–H groups in total. The molecule has 0 radical (unpaired) electrons. The van der Waals surface area contributed by atoms with Crippen molar-refractivity contribution >= 4 is 5.95 Å². The van der Waals surface area contributed by atoms with Gasteiger partial charge in [-0.3, -0.25) is 0 Å². The van der Waals surface area contributed by atoms with Gasteiger partial charge in [-0.05, 0) is 20.0 Å². The van der Waals surface area contributed by atoms with Crippen LogP contribution in [0.15, 0.2) is 12.3 Å². The fraction of sp³-hybridized carbons (Fsp3) is 0.600. The molecule has 1 aromatic rings. The average Bonchev–Trinajstić information content (AvgIpc) is 2.10. The first-order chi connectivity index (χ1) is 6.79. The van der Waals surface area contributed by atoms with Crippen LogP contribution in [0, 0.1) is 12.8 Å². The first kappa shape index (κ1) is 9.40. The largest absolute Gasteiger partial charge is 0.340 e. The van der Waals surface area contributed by atoms with E-state index in [0.29, 0.717) is 0 Å². The minimum atomic E-state index is 0.754. The van der Waals surface area contributed by atoms with Crippen LogP contribution in [0.25, 0.3) is 0 Å². The predicted octanol–water partition coefficient (Wildman–Crippen LogP) is 0.441. The number of aryl methyl sites for hydroxylation is 1. The van der Waals surface area contributed by atoms with Gasteiger partial charge in [0, 0.05) is 37.4 Å². The second kappa shape index (κ2) is 3.92. The average molecular weight is 192 g/mol. The second-order valence-corrected chi connectivity index (χ2v) is 3.83. The van der Waals surface area contributed by atoms with E-state index < -0.39 is 0 Å². The minimum absolute atomic E-state index is 0.754. The van der Waals surface area contributed by atoms with Crippen molar-refractivity contribution in [2.24, 2.45) is 5.92 Å². The number of nitrogens with one attached hydrogen (secondary N) is 1. The van der Waals surface area contributed by atoms with E-state index in [1.54, 1.807) is 0 Å². The summed E-state index contributed by atoms with van der Waals surface area (Å²) < 4.78 is 0. The van der Waals surface area contributed by atoms with E-state index in [9.17, 15) is 0 Å². The Hall–Kier alpha value is -1.16. The van der Waals surface area contributed by atoms with Crippen LogP contribution < -0.4 is 10.2 Å². The maximum Gasteiger partial charge on any atom is 0.225 e. The number of anilines is 1. The Morgan fingerprint density at radius 3 is 3.00 bits per heavy atom. The van der Waals surface area contributed by atoms with Crippen LogP contribution in [-0.4, -0.2) is 36.6 Å². The van der Waals surface area contributed by atoms with E-state index in [2.05, 4.69) is 20.2 Å². The molecule has 1 fully saturated rings. The van der Waals surface area contributed by atoms with Crippen molar-refractivity contribution in [2.45, 2.75) is 6.92 Å². The summed E-state index contributed by atoms with van der Waals surface area (Å²) in [6, 6.07) is 1.92. The summed E-state index contributed by atoms with van der Waals surface area (Å²) in [7, 11) is 1.99. The van der Waals surface area contributed by atoms with E-state index in [4.69, 9.17) is 0 Å². The molecule has 4 nitrogen and oxygen atoms in total. The van der Waals surface area contributed by atoms with Crippen LogP contribution in [0.1, 0.15) is 5.69 Å². The third-order valence-electron chi connectivity index (χ3n) is 2.51. The highest BCUT2D eigenvalue weighted by Gasteiger charge is 2.27. The van der Waals surface area contributed by atoms with Crippen LogP contribution >= 0.6 is 0 Å². The molecule has 0 unspecified atom stereocenters. The van der Waals surface area contributed by atoms with Crippen molar-refractivity contribution in [3.8, 4) is 0 Å². The maximum absolute atomic E-state index is 4.38. The van der Waals surface area contributed by atoms with Gasteiger partial charge in [-0.25, -0.2) is 9.97 Å². The molecule has 0 bridgehead atoms. The van der Waals surface area contributed by atoms with Crippen LogP contribution in [0.4, 0.5) is 5.95 Å². The second-order valence-electron chi connectivity index (χ2n) is 3.83. The van der Waals surface area contributed by atoms with Crippen molar-refractivity contribution < 1.29 is 0 Å². The lowest BCUT2D eigenvalue weighted by Crippen LogP contribution is -2.51. The van der Waals surface area contributed by atoms with Gasteiger partial charge in [0.25, 0.3) is 0 Å².